The molecule has 3 fully saturated rings. The molecule has 2 aromatic carbocycles. The molecule has 2 spiro atoms. The van der Waals surface area contributed by atoms with E-state index in [1.165, 1.54) is 12.5 Å². The summed E-state index contributed by atoms with van der Waals surface area (Å²) in [5.74, 6) is -2.01. The van der Waals surface area contributed by atoms with Gasteiger partial charge in [-0.1, -0.05) is 41.4 Å². The number of alkyl halides is 2. The number of hydrogen-bond acceptors (Lipinski definition) is 5. The third-order valence-electron chi connectivity index (χ3n) is 11.1. The van der Waals surface area contributed by atoms with E-state index in [4.69, 9.17) is 27.6 Å². The minimum atomic E-state index is -1.44. The predicted octanol–water partition coefficient (Wildman–Crippen LogP) is 8.15. The maximum atomic E-state index is 16.1. The van der Waals surface area contributed by atoms with Crippen LogP contribution in [-0.2, 0) is 15.0 Å². The fourth-order valence-electron chi connectivity index (χ4n) is 9.42. The number of hydrogen-bond donors (Lipinski definition) is 1. The van der Waals surface area contributed by atoms with E-state index in [0.29, 0.717) is 22.2 Å². The van der Waals surface area contributed by atoms with Gasteiger partial charge in [0.15, 0.2) is 0 Å². The number of halogens is 5. The van der Waals surface area contributed by atoms with Gasteiger partial charge in [0.25, 0.3) is 0 Å². The van der Waals surface area contributed by atoms with Crippen molar-refractivity contribution in [2.24, 2.45) is 22.7 Å². The second kappa shape index (κ2) is 10.9. The zero-order chi connectivity index (χ0) is 30.9. The van der Waals surface area contributed by atoms with Gasteiger partial charge in [0.05, 0.1) is 23.8 Å². The number of carbonyl (C=O) groups excluding carboxylic acids is 2. The zero-order valence-electron chi connectivity index (χ0n) is 23.9. The molecule has 0 saturated heterocycles. The number of ketones is 1. The van der Waals surface area contributed by atoms with Gasteiger partial charge in [-0.25, -0.2) is 4.39 Å². The summed E-state index contributed by atoms with van der Waals surface area (Å²) in [7, 11) is 0. The van der Waals surface area contributed by atoms with Crippen molar-refractivity contribution in [1.82, 2.24) is 10.2 Å². The van der Waals surface area contributed by atoms with E-state index in [-0.39, 0.29) is 53.9 Å². The van der Waals surface area contributed by atoms with Crippen LogP contribution in [0.1, 0.15) is 80.2 Å². The Bertz CT molecular complexity index is 1600. The van der Waals surface area contributed by atoms with Crippen molar-refractivity contribution < 1.29 is 27.2 Å². The highest BCUT2D eigenvalue weighted by atomic mass is 35.5. The van der Waals surface area contributed by atoms with Crippen molar-refractivity contribution in [3.8, 4) is 0 Å². The molecule has 1 aromatic heterocycles. The van der Waals surface area contributed by atoms with E-state index in [0.717, 1.165) is 25.7 Å². The summed E-state index contributed by atoms with van der Waals surface area (Å²) in [5, 5.41) is 11.1. The van der Waals surface area contributed by atoms with Crippen LogP contribution in [0.5, 0.6) is 0 Å². The van der Waals surface area contributed by atoms with E-state index in [2.05, 4.69) is 15.5 Å². The van der Waals surface area contributed by atoms with E-state index in [1.54, 1.807) is 30.3 Å². The average Bonchev–Trinajstić information content (AvgIpc) is 3.71. The van der Waals surface area contributed by atoms with E-state index >= 15 is 4.39 Å². The molecule has 3 aliphatic carbocycles. The Morgan fingerprint density at radius 2 is 1.82 bits per heavy atom. The van der Waals surface area contributed by atoms with Crippen molar-refractivity contribution in [2.45, 2.75) is 68.6 Å². The quantitative estimate of drug-likeness (QED) is 0.280. The number of nitrogens with zero attached hydrogens (tertiary/aromatic N) is 2. The molecule has 3 saturated carbocycles. The molecule has 3 aromatic rings. The van der Waals surface area contributed by atoms with Gasteiger partial charge >= 0.3 is 0 Å². The Kier molecular flexibility index (Phi) is 7.35. The van der Waals surface area contributed by atoms with Gasteiger partial charge in [0.1, 0.15) is 11.6 Å². The molecular formula is C33H32Cl2F3N3O3. The van der Waals surface area contributed by atoms with Crippen molar-refractivity contribution in [1.29, 1.82) is 0 Å². The van der Waals surface area contributed by atoms with E-state index < -0.39 is 53.2 Å². The van der Waals surface area contributed by atoms with Gasteiger partial charge in [-0.2, -0.15) is 0 Å². The average molecular weight is 647 g/mol. The lowest BCUT2D eigenvalue weighted by Gasteiger charge is -2.59. The zero-order valence-corrected chi connectivity index (χ0v) is 25.4. The first-order valence-corrected chi connectivity index (χ1v) is 15.9. The third-order valence-corrected chi connectivity index (χ3v) is 11.6. The Hall–Kier alpha value is -2.91. The fraction of sp³-hybridized carbons (Fsp3) is 0.515. The summed E-state index contributed by atoms with van der Waals surface area (Å²) in [6.07, 6.45) is 5.11. The van der Waals surface area contributed by atoms with Crippen molar-refractivity contribution in [3.63, 3.8) is 0 Å². The van der Waals surface area contributed by atoms with Crippen LogP contribution in [0.3, 0.4) is 0 Å². The van der Waals surface area contributed by atoms with Gasteiger partial charge in [0.2, 0.25) is 18.2 Å². The number of nitrogens with one attached hydrogen (secondary N) is 1. The molecule has 1 aliphatic heterocycles. The van der Waals surface area contributed by atoms with Crippen LogP contribution < -0.4 is 5.32 Å². The molecule has 0 unspecified atom stereocenters. The van der Waals surface area contributed by atoms with Crippen LogP contribution in [0.4, 0.5) is 18.9 Å². The highest BCUT2D eigenvalue weighted by Gasteiger charge is 2.77. The van der Waals surface area contributed by atoms with E-state index in [1.807, 2.05) is 0 Å². The van der Waals surface area contributed by atoms with Gasteiger partial charge in [-0.05, 0) is 85.6 Å². The smallest absolute Gasteiger partial charge is 0.236 e. The Labute approximate surface area is 263 Å². The minimum Gasteiger partial charge on any atom is -0.428 e. The molecule has 11 heteroatoms. The van der Waals surface area contributed by atoms with Gasteiger partial charge in [-0.15, -0.1) is 10.2 Å². The van der Waals surface area contributed by atoms with Gasteiger partial charge < -0.3 is 9.73 Å². The number of rotatable bonds is 7. The molecule has 232 valence electrons. The first-order valence-electron chi connectivity index (χ1n) is 15.1. The minimum absolute atomic E-state index is 0.0694. The Morgan fingerprint density at radius 3 is 2.50 bits per heavy atom. The molecule has 2 heterocycles. The number of aromatic nitrogens is 2. The number of fused-ring (bicyclic) bond motifs is 3. The molecule has 1 N–H and O–H groups in total. The van der Waals surface area contributed by atoms with Crippen molar-refractivity contribution >= 4 is 40.6 Å². The van der Waals surface area contributed by atoms with E-state index in [9.17, 15) is 18.4 Å². The number of carbonyl (C=O) groups is 2. The topological polar surface area (TPSA) is 85.1 Å². The predicted molar refractivity (Wildman–Crippen MR) is 159 cm³/mol. The maximum Gasteiger partial charge on any atom is 0.236 e. The Morgan fingerprint density at radius 1 is 1.07 bits per heavy atom. The number of amides is 1. The summed E-state index contributed by atoms with van der Waals surface area (Å²) in [6.45, 7) is -1.76. The van der Waals surface area contributed by atoms with Crippen LogP contribution in [-0.4, -0.2) is 35.2 Å². The molecule has 6 nitrogen and oxygen atoms in total. The van der Waals surface area contributed by atoms with Crippen LogP contribution in [0.15, 0.2) is 47.2 Å². The summed E-state index contributed by atoms with van der Waals surface area (Å²) in [5.41, 5.74) is -2.43. The fourth-order valence-corrected chi connectivity index (χ4v) is 9.78. The monoisotopic (exact) mass is 645 g/mol. The number of Topliss-reactive ketones (excluding diaryl/α,β-unsaturated/α-hetero) is 1. The highest BCUT2D eigenvalue weighted by Crippen LogP contribution is 2.77. The first-order chi connectivity index (χ1) is 21.2. The van der Waals surface area contributed by atoms with Crippen LogP contribution in [0.2, 0.25) is 10.0 Å². The van der Waals surface area contributed by atoms with Crippen molar-refractivity contribution in [2.75, 3.05) is 18.7 Å². The lowest BCUT2D eigenvalue weighted by atomic mass is 9.43. The largest absolute Gasteiger partial charge is 0.428 e. The molecular weight excluding hydrogens is 614 g/mol. The lowest BCUT2D eigenvalue weighted by molar-refractivity contribution is -0.143. The van der Waals surface area contributed by atoms with Crippen LogP contribution in [0, 0.1) is 28.5 Å². The number of benzene rings is 2. The Balaban J connectivity index is 1.31. The number of anilines is 1. The first kappa shape index (κ1) is 29.8. The van der Waals surface area contributed by atoms with Crippen LogP contribution in [0.25, 0.3) is 0 Å². The third kappa shape index (κ3) is 4.28. The molecule has 4 aliphatic rings. The molecule has 0 radical (unpaired) electrons. The maximum absolute atomic E-state index is 16.1. The highest BCUT2D eigenvalue weighted by molar-refractivity contribution is 6.31. The molecule has 1 amide bonds. The van der Waals surface area contributed by atoms with Crippen molar-refractivity contribution in [3.05, 3.63) is 75.7 Å². The molecule has 3 atom stereocenters. The molecule has 7 rings (SSSR count). The standard InChI is InChI=1S/C33H32Cl2F3N3O3/c34-20-8-9-23-25(11-20)40-30(43)33(23)27(21-2-1-3-24(35)28(21)38)22(12-32(33)13-31(14-32,15-36)16-37)26(42)10-18-4-6-19(7-5-18)29-41-39-17-44-29/h1-3,8-9,11,17-19,22,27H,4-7,10,12-16H2,(H,40,43)/t18?,19?,22-,27-,33+/m0/s1. The lowest BCUT2D eigenvalue weighted by Crippen LogP contribution is -2.61. The second-order valence-electron chi connectivity index (χ2n) is 13.4. The molecule has 44 heavy (non-hydrogen) atoms. The second-order valence-corrected chi connectivity index (χ2v) is 14.3. The summed E-state index contributed by atoms with van der Waals surface area (Å²) in [6, 6.07) is 9.66. The normalized spacial score (nSPS) is 29.9. The van der Waals surface area contributed by atoms with Gasteiger partial charge in [0, 0.05) is 40.3 Å². The van der Waals surface area contributed by atoms with Gasteiger partial charge in [-0.3, -0.25) is 18.4 Å². The molecule has 0 bridgehead atoms. The SMILES string of the molecule is O=C(CC1CCC(c2nnco2)CC1)[C@@H]1CC2(CC(CF)(CF)C2)[C@@]2(C(=O)Nc3cc(Cl)ccc32)[C@H]1c1cccc(Cl)c1F. The summed E-state index contributed by atoms with van der Waals surface area (Å²) >= 11 is 12.6. The summed E-state index contributed by atoms with van der Waals surface area (Å²) in [4.78, 5) is 28.9. The van der Waals surface area contributed by atoms with Crippen LogP contribution >= 0.6 is 23.2 Å². The summed E-state index contributed by atoms with van der Waals surface area (Å²) < 4.78 is 50.2.